The number of carbonyl (C=O) groups excluding carboxylic acids is 1. The van der Waals surface area contributed by atoms with E-state index in [2.05, 4.69) is 5.32 Å². The maximum atomic E-state index is 14.0. The fourth-order valence-electron chi connectivity index (χ4n) is 3.70. The van der Waals surface area contributed by atoms with E-state index in [9.17, 15) is 9.18 Å². The van der Waals surface area contributed by atoms with E-state index in [4.69, 9.17) is 18.9 Å². The Morgan fingerprint density at radius 2 is 1.78 bits per heavy atom. The third-order valence-electron chi connectivity index (χ3n) is 5.68. The van der Waals surface area contributed by atoms with Crippen molar-refractivity contribution in [2.75, 3.05) is 12.4 Å². The van der Waals surface area contributed by atoms with Gasteiger partial charge in [-0.05, 0) is 43.3 Å². The van der Waals surface area contributed by atoms with Gasteiger partial charge in [0.05, 0.1) is 13.4 Å². The molecule has 5 rings (SSSR count). The minimum absolute atomic E-state index is 0.0696. The SMILES string of the molecule is COc1cc(-c2nc(-c3ccc(C)cc3)c(NC(=O)c3ccco3)s2)ccc1OCc1ccccc1F. The lowest BCUT2D eigenvalue weighted by Crippen LogP contribution is -2.10. The maximum Gasteiger partial charge on any atom is 0.292 e. The van der Waals surface area contributed by atoms with Crippen LogP contribution in [0, 0.1) is 12.7 Å². The summed E-state index contributed by atoms with van der Waals surface area (Å²) in [5, 5.41) is 4.21. The molecule has 0 atom stereocenters. The molecule has 0 bridgehead atoms. The molecule has 0 fully saturated rings. The quantitative estimate of drug-likeness (QED) is 0.234. The van der Waals surface area contributed by atoms with Gasteiger partial charge in [-0.2, -0.15) is 0 Å². The zero-order valence-corrected chi connectivity index (χ0v) is 21.0. The average molecular weight is 515 g/mol. The van der Waals surface area contributed by atoms with Gasteiger partial charge in [0.15, 0.2) is 17.3 Å². The lowest BCUT2D eigenvalue weighted by atomic mass is 10.1. The van der Waals surface area contributed by atoms with E-state index < -0.39 is 0 Å². The highest BCUT2D eigenvalue weighted by molar-refractivity contribution is 7.19. The monoisotopic (exact) mass is 514 g/mol. The van der Waals surface area contributed by atoms with Gasteiger partial charge in [-0.15, -0.1) is 0 Å². The fourth-order valence-corrected chi connectivity index (χ4v) is 4.68. The first-order valence-electron chi connectivity index (χ1n) is 11.5. The van der Waals surface area contributed by atoms with Gasteiger partial charge in [0.25, 0.3) is 5.91 Å². The summed E-state index contributed by atoms with van der Waals surface area (Å²) in [6.07, 6.45) is 1.45. The second-order valence-corrected chi connectivity index (χ2v) is 9.24. The van der Waals surface area contributed by atoms with Gasteiger partial charge in [0.1, 0.15) is 28.1 Å². The molecule has 37 heavy (non-hydrogen) atoms. The third kappa shape index (κ3) is 5.39. The molecule has 2 heterocycles. The first kappa shape index (κ1) is 24.3. The Balaban J connectivity index is 1.46. The summed E-state index contributed by atoms with van der Waals surface area (Å²) in [6, 6.07) is 23.1. The molecule has 6 nitrogen and oxygen atoms in total. The molecule has 0 spiro atoms. The third-order valence-corrected chi connectivity index (χ3v) is 6.70. The lowest BCUT2D eigenvalue weighted by Gasteiger charge is -2.12. The van der Waals surface area contributed by atoms with Crippen molar-refractivity contribution < 1.29 is 23.1 Å². The van der Waals surface area contributed by atoms with Crippen LogP contribution in [-0.2, 0) is 6.61 Å². The number of furan rings is 1. The number of nitrogens with zero attached hydrogens (tertiary/aromatic N) is 1. The molecule has 0 saturated carbocycles. The Morgan fingerprint density at radius 1 is 1.00 bits per heavy atom. The molecular formula is C29H23FN2O4S. The van der Waals surface area contributed by atoms with Crippen LogP contribution < -0.4 is 14.8 Å². The van der Waals surface area contributed by atoms with Crippen molar-refractivity contribution in [1.82, 2.24) is 4.98 Å². The fraction of sp³-hybridized carbons (Fsp3) is 0.103. The summed E-state index contributed by atoms with van der Waals surface area (Å²) < 4.78 is 30.6. The second-order valence-electron chi connectivity index (χ2n) is 8.24. The highest BCUT2D eigenvalue weighted by atomic mass is 32.1. The van der Waals surface area contributed by atoms with Gasteiger partial charge in [-0.25, -0.2) is 9.37 Å². The van der Waals surface area contributed by atoms with Crippen molar-refractivity contribution in [1.29, 1.82) is 0 Å². The van der Waals surface area contributed by atoms with Crippen LogP contribution >= 0.6 is 11.3 Å². The molecule has 2 aromatic heterocycles. The van der Waals surface area contributed by atoms with Crippen LogP contribution in [0.4, 0.5) is 9.39 Å². The summed E-state index contributed by atoms with van der Waals surface area (Å²) in [7, 11) is 1.55. The number of rotatable bonds is 8. The van der Waals surface area contributed by atoms with Crippen LogP contribution in [0.1, 0.15) is 21.7 Å². The standard InChI is InChI=1S/C29H23FN2O4S/c1-18-9-11-19(12-10-18)26-29(32-27(33)24-8-5-15-35-24)37-28(31-26)20-13-14-23(25(16-20)34-2)36-17-21-6-3-4-7-22(21)30/h3-16H,17H2,1-2H3,(H,32,33). The van der Waals surface area contributed by atoms with E-state index in [-0.39, 0.29) is 24.1 Å². The average Bonchev–Trinajstić information content (AvgIpc) is 3.60. The summed E-state index contributed by atoms with van der Waals surface area (Å²) in [5.41, 5.74) is 3.88. The minimum atomic E-state index is -0.358. The number of nitrogens with one attached hydrogen (secondary N) is 1. The van der Waals surface area contributed by atoms with Crippen LogP contribution in [0.15, 0.2) is 89.5 Å². The molecule has 5 aromatic rings. The van der Waals surface area contributed by atoms with Crippen LogP contribution in [0.25, 0.3) is 21.8 Å². The van der Waals surface area contributed by atoms with Crippen molar-refractivity contribution in [3.63, 3.8) is 0 Å². The van der Waals surface area contributed by atoms with Gasteiger partial charge in [0.2, 0.25) is 0 Å². The second kappa shape index (κ2) is 10.7. The van der Waals surface area contributed by atoms with E-state index in [1.807, 2.05) is 43.3 Å². The lowest BCUT2D eigenvalue weighted by molar-refractivity contribution is 0.0997. The molecule has 186 valence electrons. The number of carbonyl (C=O) groups is 1. The van der Waals surface area contributed by atoms with Gasteiger partial charge in [-0.1, -0.05) is 59.4 Å². The number of halogens is 1. The highest BCUT2D eigenvalue weighted by Gasteiger charge is 2.19. The summed E-state index contributed by atoms with van der Waals surface area (Å²) in [4.78, 5) is 17.6. The predicted molar refractivity (Wildman–Crippen MR) is 142 cm³/mol. The number of aryl methyl sites for hydroxylation is 1. The van der Waals surface area contributed by atoms with Gasteiger partial charge in [-0.3, -0.25) is 4.79 Å². The van der Waals surface area contributed by atoms with Crippen molar-refractivity contribution in [3.8, 4) is 33.3 Å². The Hall–Kier alpha value is -4.43. The molecule has 0 unspecified atom stereocenters. The maximum absolute atomic E-state index is 14.0. The number of hydrogen-bond donors (Lipinski definition) is 1. The Labute approximate surface area is 217 Å². The largest absolute Gasteiger partial charge is 0.493 e. The van der Waals surface area contributed by atoms with E-state index >= 15 is 0 Å². The van der Waals surface area contributed by atoms with Crippen LogP contribution in [-0.4, -0.2) is 18.0 Å². The normalized spacial score (nSPS) is 10.8. The summed E-state index contributed by atoms with van der Waals surface area (Å²) >= 11 is 1.34. The number of aromatic nitrogens is 1. The smallest absolute Gasteiger partial charge is 0.292 e. The molecule has 0 saturated heterocycles. The first-order chi connectivity index (χ1) is 18.0. The molecule has 8 heteroatoms. The molecule has 0 aliphatic heterocycles. The van der Waals surface area contributed by atoms with Gasteiger partial charge < -0.3 is 19.2 Å². The molecule has 0 aliphatic rings. The van der Waals surface area contributed by atoms with E-state index in [0.717, 1.165) is 16.7 Å². The molecule has 1 N–H and O–H groups in total. The van der Waals surface area contributed by atoms with E-state index in [1.165, 1.54) is 23.7 Å². The number of amides is 1. The van der Waals surface area contributed by atoms with Crippen LogP contribution in [0.5, 0.6) is 11.5 Å². The number of thiazole rings is 1. The predicted octanol–water partition coefficient (Wildman–Crippen LogP) is 7.36. The molecule has 0 aliphatic carbocycles. The number of benzene rings is 3. The Morgan fingerprint density at radius 3 is 2.51 bits per heavy atom. The topological polar surface area (TPSA) is 73.6 Å². The molecule has 1 amide bonds. The number of methoxy groups -OCH3 is 1. The van der Waals surface area contributed by atoms with Crippen molar-refractivity contribution in [2.45, 2.75) is 13.5 Å². The molecule has 0 radical (unpaired) electrons. The number of ether oxygens (including phenoxy) is 2. The summed E-state index contributed by atoms with van der Waals surface area (Å²) in [5.74, 6) is 0.498. The Bertz CT molecular complexity index is 1530. The van der Waals surface area contributed by atoms with Crippen molar-refractivity contribution in [3.05, 3.63) is 108 Å². The van der Waals surface area contributed by atoms with Crippen LogP contribution in [0.3, 0.4) is 0 Å². The van der Waals surface area contributed by atoms with Crippen LogP contribution in [0.2, 0.25) is 0 Å². The Kier molecular flexibility index (Phi) is 7.00. The highest BCUT2D eigenvalue weighted by Crippen LogP contribution is 2.41. The molecular weight excluding hydrogens is 491 g/mol. The zero-order valence-electron chi connectivity index (χ0n) is 20.2. The van der Waals surface area contributed by atoms with E-state index in [1.54, 1.807) is 43.5 Å². The van der Waals surface area contributed by atoms with Gasteiger partial charge >= 0.3 is 0 Å². The zero-order chi connectivity index (χ0) is 25.8. The minimum Gasteiger partial charge on any atom is -0.493 e. The van der Waals surface area contributed by atoms with Gasteiger partial charge in [0, 0.05) is 16.7 Å². The van der Waals surface area contributed by atoms with Crippen molar-refractivity contribution in [2.24, 2.45) is 0 Å². The molecule has 3 aromatic carbocycles. The van der Waals surface area contributed by atoms with E-state index in [0.29, 0.717) is 32.8 Å². The number of hydrogen-bond acceptors (Lipinski definition) is 6. The summed E-state index contributed by atoms with van der Waals surface area (Å²) in [6.45, 7) is 2.08. The number of anilines is 1. The van der Waals surface area contributed by atoms with Crippen molar-refractivity contribution >= 4 is 22.2 Å². The first-order valence-corrected chi connectivity index (χ1v) is 12.3.